The molecule has 1 aliphatic carbocycles. The molecule has 0 radical (unpaired) electrons. The standard InChI is InChI=1S/C25H26ClN3O4/c26-19-9-5-4-8-17(19)15-29-21(12-13-22(29)30)24(32)28-20(14-16-6-2-1-3-7-16)23(31)25(33)27-18-10-11-18/h1-9,18,20-21H,10-15H2,(H,27,33)(H,28,32). The summed E-state index contributed by atoms with van der Waals surface area (Å²) in [6, 6.07) is 14.7. The Hall–Kier alpha value is -3.19. The Morgan fingerprint density at radius 1 is 1.00 bits per heavy atom. The van der Waals surface area contributed by atoms with Crippen LogP contribution in [0.4, 0.5) is 0 Å². The van der Waals surface area contributed by atoms with Gasteiger partial charge in [0, 0.05) is 30.5 Å². The summed E-state index contributed by atoms with van der Waals surface area (Å²) in [4.78, 5) is 52.6. The van der Waals surface area contributed by atoms with Crippen LogP contribution in [0.1, 0.15) is 36.8 Å². The van der Waals surface area contributed by atoms with Crippen LogP contribution in [0.25, 0.3) is 0 Å². The molecule has 2 aliphatic rings. The van der Waals surface area contributed by atoms with E-state index in [-0.39, 0.29) is 31.3 Å². The number of Topliss-reactive ketones (excluding diaryl/α,β-unsaturated/α-hetero) is 1. The lowest BCUT2D eigenvalue weighted by Gasteiger charge is -2.26. The third-order valence-corrected chi connectivity index (χ3v) is 6.35. The molecule has 2 fully saturated rings. The van der Waals surface area contributed by atoms with Gasteiger partial charge in [0.2, 0.25) is 17.6 Å². The number of carbonyl (C=O) groups is 4. The number of amides is 3. The number of ketones is 1. The highest BCUT2D eigenvalue weighted by Crippen LogP contribution is 2.25. The van der Waals surface area contributed by atoms with Gasteiger partial charge in [-0.15, -0.1) is 0 Å². The second-order valence-corrected chi connectivity index (χ2v) is 8.94. The van der Waals surface area contributed by atoms with Gasteiger partial charge >= 0.3 is 0 Å². The van der Waals surface area contributed by atoms with Crippen molar-refractivity contribution in [2.24, 2.45) is 0 Å². The zero-order valence-electron chi connectivity index (χ0n) is 18.1. The maximum atomic E-state index is 13.2. The first-order chi connectivity index (χ1) is 15.9. The van der Waals surface area contributed by atoms with Crippen LogP contribution in [-0.4, -0.2) is 46.5 Å². The summed E-state index contributed by atoms with van der Waals surface area (Å²) in [5, 5.41) is 5.97. The van der Waals surface area contributed by atoms with Crippen molar-refractivity contribution in [1.29, 1.82) is 0 Å². The molecule has 172 valence electrons. The van der Waals surface area contributed by atoms with Gasteiger partial charge in [-0.2, -0.15) is 0 Å². The molecule has 2 aromatic rings. The second-order valence-electron chi connectivity index (χ2n) is 8.53. The number of carbonyl (C=O) groups excluding carboxylic acids is 4. The molecule has 1 aliphatic heterocycles. The van der Waals surface area contributed by atoms with Gasteiger partial charge in [-0.05, 0) is 36.5 Å². The van der Waals surface area contributed by atoms with E-state index in [9.17, 15) is 19.2 Å². The van der Waals surface area contributed by atoms with Crippen LogP contribution in [0.3, 0.4) is 0 Å². The van der Waals surface area contributed by atoms with Crippen molar-refractivity contribution < 1.29 is 19.2 Å². The molecule has 0 bridgehead atoms. The van der Waals surface area contributed by atoms with Gasteiger partial charge in [0.15, 0.2) is 0 Å². The number of rotatable bonds is 9. The van der Waals surface area contributed by atoms with E-state index in [2.05, 4.69) is 10.6 Å². The van der Waals surface area contributed by atoms with Crippen molar-refractivity contribution in [2.75, 3.05) is 0 Å². The van der Waals surface area contributed by atoms with Crippen molar-refractivity contribution in [3.8, 4) is 0 Å². The summed E-state index contributed by atoms with van der Waals surface area (Å²) < 4.78 is 0. The maximum Gasteiger partial charge on any atom is 0.289 e. The Bertz CT molecular complexity index is 1050. The molecule has 3 amide bonds. The van der Waals surface area contributed by atoms with Crippen LogP contribution in [0.2, 0.25) is 5.02 Å². The van der Waals surface area contributed by atoms with Crippen molar-refractivity contribution in [1.82, 2.24) is 15.5 Å². The van der Waals surface area contributed by atoms with Crippen molar-refractivity contribution in [2.45, 2.75) is 56.8 Å². The number of halogens is 1. The topological polar surface area (TPSA) is 95.6 Å². The van der Waals surface area contributed by atoms with Gasteiger partial charge in [0.1, 0.15) is 12.1 Å². The van der Waals surface area contributed by atoms with E-state index in [4.69, 9.17) is 11.6 Å². The summed E-state index contributed by atoms with van der Waals surface area (Å²) in [6.07, 6.45) is 2.48. The Morgan fingerprint density at radius 3 is 2.39 bits per heavy atom. The van der Waals surface area contributed by atoms with Gasteiger partial charge in [-0.3, -0.25) is 19.2 Å². The van der Waals surface area contributed by atoms with Crippen molar-refractivity contribution in [3.05, 3.63) is 70.7 Å². The molecular formula is C25H26ClN3O4. The van der Waals surface area contributed by atoms with E-state index in [0.717, 1.165) is 24.0 Å². The van der Waals surface area contributed by atoms with E-state index in [1.807, 2.05) is 42.5 Å². The molecule has 0 aromatic heterocycles. The van der Waals surface area contributed by atoms with Crippen LogP contribution in [0, 0.1) is 0 Å². The summed E-state index contributed by atoms with van der Waals surface area (Å²) in [5.41, 5.74) is 1.57. The van der Waals surface area contributed by atoms with Crippen LogP contribution < -0.4 is 10.6 Å². The number of hydrogen-bond acceptors (Lipinski definition) is 4. The smallest absolute Gasteiger partial charge is 0.289 e. The Balaban J connectivity index is 1.49. The first-order valence-electron chi connectivity index (χ1n) is 11.1. The van der Waals surface area contributed by atoms with Crippen molar-refractivity contribution in [3.63, 3.8) is 0 Å². The molecule has 2 atom stereocenters. The molecule has 33 heavy (non-hydrogen) atoms. The average Bonchev–Trinajstić information content (AvgIpc) is 3.55. The monoisotopic (exact) mass is 467 g/mol. The third-order valence-electron chi connectivity index (χ3n) is 5.98. The normalized spacial score (nSPS) is 18.6. The second kappa shape index (κ2) is 10.2. The van der Waals surface area contributed by atoms with E-state index in [0.29, 0.717) is 11.4 Å². The predicted octanol–water partition coefficient (Wildman–Crippen LogP) is 2.41. The number of nitrogens with zero attached hydrogens (tertiary/aromatic N) is 1. The molecule has 2 aromatic carbocycles. The summed E-state index contributed by atoms with van der Waals surface area (Å²) in [7, 11) is 0. The molecule has 4 rings (SSSR count). The maximum absolute atomic E-state index is 13.2. The molecule has 2 unspecified atom stereocenters. The quantitative estimate of drug-likeness (QED) is 0.553. The molecular weight excluding hydrogens is 442 g/mol. The molecule has 1 heterocycles. The fourth-order valence-electron chi connectivity index (χ4n) is 3.98. The summed E-state index contributed by atoms with van der Waals surface area (Å²) >= 11 is 6.25. The lowest BCUT2D eigenvalue weighted by molar-refractivity contribution is -0.141. The predicted molar refractivity (Wildman–Crippen MR) is 123 cm³/mol. The Kier molecular flexibility index (Phi) is 7.08. The molecule has 1 saturated carbocycles. The highest BCUT2D eigenvalue weighted by molar-refractivity contribution is 6.38. The number of likely N-dealkylation sites (tertiary alicyclic amines) is 1. The minimum atomic E-state index is -1.02. The van der Waals surface area contributed by atoms with Gasteiger partial charge in [-0.25, -0.2) is 0 Å². The molecule has 1 saturated heterocycles. The van der Waals surface area contributed by atoms with E-state index < -0.39 is 29.7 Å². The Labute approximate surface area is 197 Å². The van der Waals surface area contributed by atoms with E-state index in [1.165, 1.54) is 4.90 Å². The number of nitrogens with one attached hydrogen (secondary N) is 2. The lowest BCUT2D eigenvalue weighted by Crippen LogP contribution is -2.53. The first-order valence-corrected chi connectivity index (χ1v) is 11.5. The number of hydrogen-bond donors (Lipinski definition) is 2. The minimum absolute atomic E-state index is 0.0353. The van der Waals surface area contributed by atoms with E-state index >= 15 is 0 Å². The summed E-state index contributed by atoms with van der Waals surface area (Å²) in [5.74, 6) is -1.95. The van der Waals surface area contributed by atoms with Crippen LogP contribution in [0.5, 0.6) is 0 Å². The van der Waals surface area contributed by atoms with Crippen LogP contribution in [-0.2, 0) is 32.1 Å². The minimum Gasteiger partial charge on any atom is -0.347 e. The fraction of sp³-hybridized carbons (Fsp3) is 0.360. The largest absolute Gasteiger partial charge is 0.347 e. The zero-order valence-corrected chi connectivity index (χ0v) is 18.9. The third kappa shape index (κ3) is 5.79. The fourth-order valence-corrected chi connectivity index (χ4v) is 4.18. The van der Waals surface area contributed by atoms with Crippen LogP contribution in [0.15, 0.2) is 54.6 Å². The van der Waals surface area contributed by atoms with Gasteiger partial charge in [0.25, 0.3) is 5.91 Å². The molecule has 8 heteroatoms. The van der Waals surface area contributed by atoms with Crippen molar-refractivity contribution >= 4 is 35.1 Å². The molecule has 2 N–H and O–H groups in total. The first kappa shape index (κ1) is 23.0. The van der Waals surface area contributed by atoms with Crippen LogP contribution >= 0.6 is 11.6 Å². The Morgan fingerprint density at radius 2 is 1.70 bits per heavy atom. The van der Waals surface area contributed by atoms with Gasteiger partial charge in [-0.1, -0.05) is 60.1 Å². The van der Waals surface area contributed by atoms with Gasteiger partial charge < -0.3 is 15.5 Å². The average molecular weight is 468 g/mol. The molecule has 0 spiro atoms. The SMILES string of the molecule is O=C(NC1CC1)C(=O)C(Cc1ccccc1)NC(=O)C1CCC(=O)N1Cc1ccccc1Cl. The summed E-state index contributed by atoms with van der Waals surface area (Å²) in [6.45, 7) is 0.204. The van der Waals surface area contributed by atoms with E-state index in [1.54, 1.807) is 12.1 Å². The molecule has 7 nitrogen and oxygen atoms in total. The highest BCUT2D eigenvalue weighted by Gasteiger charge is 2.39. The van der Waals surface area contributed by atoms with Gasteiger partial charge in [0.05, 0.1) is 0 Å². The number of benzene rings is 2. The lowest BCUT2D eigenvalue weighted by atomic mass is 10.0. The highest BCUT2D eigenvalue weighted by atomic mass is 35.5. The zero-order chi connectivity index (χ0) is 23.4.